The molecule has 3 N–H and O–H groups in total. The summed E-state index contributed by atoms with van der Waals surface area (Å²) in [6, 6.07) is 7.73. The number of hydrogen-bond donors (Lipinski definition) is 2. The van der Waals surface area contributed by atoms with E-state index in [-0.39, 0.29) is 30.3 Å². The molecule has 5 nitrogen and oxygen atoms in total. The van der Waals surface area contributed by atoms with E-state index in [1.807, 2.05) is 25.1 Å². The Morgan fingerprint density at radius 1 is 1.32 bits per heavy atom. The van der Waals surface area contributed by atoms with Crippen LogP contribution in [0.2, 0.25) is 0 Å². The molecule has 0 radical (unpaired) electrons. The van der Waals surface area contributed by atoms with Gasteiger partial charge in [-0.1, -0.05) is 38.5 Å². The van der Waals surface area contributed by atoms with E-state index in [4.69, 9.17) is 10.5 Å². The lowest BCUT2D eigenvalue weighted by Gasteiger charge is -2.30. The van der Waals surface area contributed by atoms with Crippen molar-refractivity contribution in [3.63, 3.8) is 0 Å². The van der Waals surface area contributed by atoms with Crippen LogP contribution >= 0.6 is 12.4 Å². The second-order valence-corrected chi connectivity index (χ2v) is 6.66. The Labute approximate surface area is 157 Å². The summed E-state index contributed by atoms with van der Waals surface area (Å²) in [5.74, 6) is 0.986. The highest BCUT2D eigenvalue weighted by Crippen LogP contribution is 2.31. The number of methoxy groups -OCH3 is 1. The van der Waals surface area contributed by atoms with E-state index in [1.54, 1.807) is 7.11 Å². The number of benzene rings is 1. The van der Waals surface area contributed by atoms with Crippen LogP contribution in [0.1, 0.15) is 44.7 Å². The van der Waals surface area contributed by atoms with Crippen LogP contribution in [0.4, 0.5) is 0 Å². The number of nitrogens with zero attached hydrogens (tertiary/aromatic N) is 1. The third-order valence-corrected chi connectivity index (χ3v) is 5.11. The molecule has 0 saturated carbocycles. The predicted octanol–water partition coefficient (Wildman–Crippen LogP) is 2.74. The van der Waals surface area contributed by atoms with E-state index >= 15 is 0 Å². The number of ether oxygens (including phenoxy) is 1. The summed E-state index contributed by atoms with van der Waals surface area (Å²) in [6.07, 6.45) is 3.30. The molecule has 1 heterocycles. The van der Waals surface area contributed by atoms with Crippen molar-refractivity contribution in [3.05, 3.63) is 29.8 Å². The molecular formula is C19H32ClN3O2. The molecule has 1 aliphatic heterocycles. The van der Waals surface area contributed by atoms with Crippen LogP contribution in [0.3, 0.4) is 0 Å². The lowest BCUT2D eigenvalue weighted by atomic mass is 9.99. The topological polar surface area (TPSA) is 67.6 Å². The van der Waals surface area contributed by atoms with Gasteiger partial charge in [0.15, 0.2) is 0 Å². The van der Waals surface area contributed by atoms with E-state index in [0.29, 0.717) is 6.54 Å². The molecule has 1 saturated heterocycles. The number of nitrogens with one attached hydrogen (secondary N) is 1. The fourth-order valence-electron chi connectivity index (χ4n) is 3.26. The Morgan fingerprint density at radius 2 is 1.96 bits per heavy atom. The average molecular weight is 370 g/mol. The van der Waals surface area contributed by atoms with E-state index in [2.05, 4.69) is 23.2 Å². The van der Waals surface area contributed by atoms with Crippen molar-refractivity contribution in [2.75, 3.05) is 26.7 Å². The minimum Gasteiger partial charge on any atom is -0.496 e. The van der Waals surface area contributed by atoms with Gasteiger partial charge in [0.25, 0.3) is 0 Å². The largest absolute Gasteiger partial charge is 0.496 e. The van der Waals surface area contributed by atoms with Gasteiger partial charge in [0.05, 0.1) is 19.2 Å². The number of para-hydroxylation sites is 1. The Balaban J connectivity index is 0.00000312. The third-order valence-electron chi connectivity index (χ3n) is 5.11. The van der Waals surface area contributed by atoms with Crippen molar-refractivity contribution in [2.45, 2.75) is 45.2 Å². The maximum Gasteiger partial charge on any atom is 0.237 e. The van der Waals surface area contributed by atoms with Crippen LogP contribution in [0.15, 0.2) is 24.3 Å². The molecule has 1 aliphatic rings. The first-order valence-corrected chi connectivity index (χ1v) is 8.98. The van der Waals surface area contributed by atoms with Gasteiger partial charge < -0.3 is 15.8 Å². The second kappa shape index (κ2) is 10.6. The smallest absolute Gasteiger partial charge is 0.237 e. The quantitative estimate of drug-likeness (QED) is 0.739. The molecular weight excluding hydrogens is 338 g/mol. The van der Waals surface area contributed by atoms with Gasteiger partial charge in [0.1, 0.15) is 5.75 Å². The van der Waals surface area contributed by atoms with Crippen LogP contribution in [-0.4, -0.2) is 43.6 Å². The molecule has 1 fully saturated rings. The van der Waals surface area contributed by atoms with Crippen LogP contribution in [-0.2, 0) is 4.79 Å². The van der Waals surface area contributed by atoms with Crippen LogP contribution < -0.4 is 15.8 Å². The van der Waals surface area contributed by atoms with Gasteiger partial charge in [-0.15, -0.1) is 12.4 Å². The molecule has 25 heavy (non-hydrogen) atoms. The number of nitrogens with two attached hydrogens (primary N) is 1. The lowest BCUT2D eigenvalue weighted by molar-refractivity contribution is -0.123. The molecule has 142 valence electrons. The van der Waals surface area contributed by atoms with E-state index < -0.39 is 6.04 Å². The Kier molecular flexibility index (Phi) is 9.25. The Hall–Kier alpha value is -1.30. The molecule has 1 aromatic carbocycles. The molecule has 2 rings (SSSR count). The van der Waals surface area contributed by atoms with Crippen LogP contribution in [0.5, 0.6) is 5.75 Å². The second-order valence-electron chi connectivity index (χ2n) is 6.66. The average Bonchev–Trinajstić information content (AvgIpc) is 3.15. The standard InChI is InChI=1S/C19H31N3O2.ClH/c1-4-14(2)18(20)19(23)21-13-16(22-11-7-8-12-22)15-9-5-6-10-17(15)24-3;/h5-6,9-10,14,16,18H,4,7-8,11-13,20H2,1-3H3,(H,21,23);1H. The molecule has 0 bridgehead atoms. The summed E-state index contributed by atoms with van der Waals surface area (Å²) < 4.78 is 5.53. The molecule has 6 heteroatoms. The van der Waals surface area contributed by atoms with E-state index in [1.165, 1.54) is 12.8 Å². The molecule has 1 amide bonds. The van der Waals surface area contributed by atoms with Gasteiger partial charge in [-0.05, 0) is 37.9 Å². The summed E-state index contributed by atoms with van der Waals surface area (Å²) in [7, 11) is 1.69. The van der Waals surface area contributed by atoms with Crippen molar-refractivity contribution in [3.8, 4) is 5.75 Å². The number of carbonyl (C=O) groups is 1. The number of halogens is 1. The third kappa shape index (κ3) is 5.59. The Bertz CT molecular complexity index is 535. The first-order chi connectivity index (χ1) is 11.6. The monoisotopic (exact) mass is 369 g/mol. The van der Waals surface area contributed by atoms with Crippen LogP contribution in [0.25, 0.3) is 0 Å². The Morgan fingerprint density at radius 3 is 2.56 bits per heavy atom. The summed E-state index contributed by atoms with van der Waals surface area (Å²) in [4.78, 5) is 14.8. The number of amides is 1. The van der Waals surface area contributed by atoms with Gasteiger partial charge in [0.2, 0.25) is 5.91 Å². The highest BCUT2D eigenvalue weighted by molar-refractivity contribution is 5.85. The summed E-state index contributed by atoms with van der Waals surface area (Å²) in [5, 5.41) is 3.06. The highest BCUT2D eigenvalue weighted by Gasteiger charge is 2.27. The highest BCUT2D eigenvalue weighted by atomic mass is 35.5. The van der Waals surface area contributed by atoms with Crippen molar-refractivity contribution in [2.24, 2.45) is 11.7 Å². The molecule has 1 aromatic rings. The SMILES string of the molecule is CCC(C)C(N)C(=O)NCC(c1ccccc1OC)N1CCCC1.Cl. The van der Waals surface area contributed by atoms with Crippen molar-refractivity contribution in [1.29, 1.82) is 0 Å². The first-order valence-electron chi connectivity index (χ1n) is 8.98. The first kappa shape index (κ1) is 21.7. The summed E-state index contributed by atoms with van der Waals surface area (Å²) >= 11 is 0. The minimum absolute atomic E-state index is 0. The summed E-state index contributed by atoms with van der Waals surface area (Å²) in [6.45, 7) is 6.73. The molecule has 0 spiro atoms. The predicted molar refractivity (Wildman–Crippen MR) is 104 cm³/mol. The molecule has 3 atom stereocenters. The van der Waals surface area contributed by atoms with E-state index in [9.17, 15) is 4.79 Å². The van der Waals surface area contributed by atoms with E-state index in [0.717, 1.165) is 30.8 Å². The van der Waals surface area contributed by atoms with Crippen LogP contribution in [0, 0.1) is 5.92 Å². The number of rotatable bonds is 8. The number of carbonyl (C=O) groups excluding carboxylic acids is 1. The number of hydrogen-bond acceptors (Lipinski definition) is 4. The maximum absolute atomic E-state index is 12.4. The summed E-state index contributed by atoms with van der Waals surface area (Å²) in [5.41, 5.74) is 7.18. The maximum atomic E-state index is 12.4. The van der Waals surface area contributed by atoms with Gasteiger partial charge in [-0.3, -0.25) is 9.69 Å². The lowest BCUT2D eigenvalue weighted by Crippen LogP contribution is -2.47. The molecule has 0 aromatic heterocycles. The fraction of sp³-hybridized carbons (Fsp3) is 0.632. The van der Waals surface area contributed by atoms with Gasteiger partial charge in [-0.2, -0.15) is 0 Å². The minimum atomic E-state index is -0.452. The molecule has 3 unspecified atom stereocenters. The fourth-order valence-corrected chi connectivity index (χ4v) is 3.26. The van der Waals surface area contributed by atoms with Crippen molar-refractivity contribution < 1.29 is 9.53 Å². The van der Waals surface area contributed by atoms with Crippen molar-refractivity contribution in [1.82, 2.24) is 10.2 Å². The number of likely N-dealkylation sites (tertiary alicyclic amines) is 1. The van der Waals surface area contributed by atoms with Gasteiger partial charge in [-0.25, -0.2) is 0 Å². The zero-order valence-corrected chi connectivity index (χ0v) is 16.3. The normalized spacial score (nSPS) is 18.1. The van der Waals surface area contributed by atoms with Gasteiger partial charge >= 0.3 is 0 Å². The molecule has 0 aliphatic carbocycles. The van der Waals surface area contributed by atoms with Gasteiger partial charge in [0, 0.05) is 12.1 Å². The van der Waals surface area contributed by atoms with Crippen molar-refractivity contribution >= 4 is 18.3 Å². The zero-order valence-electron chi connectivity index (χ0n) is 15.5. The zero-order chi connectivity index (χ0) is 17.5.